The number of fused-ring (bicyclic) bond motifs is 1. The number of imide groups is 1. The number of carbonyl (C=O) groups excluding carboxylic acids is 3. The van der Waals surface area contributed by atoms with Crippen LogP contribution >= 0.6 is 12.2 Å². The molecule has 0 fully saturated rings. The van der Waals surface area contributed by atoms with Crippen LogP contribution in [-0.4, -0.2) is 34.3 Å². The maximum absolute atomic E-state index is 12.9. The van der Waals surface area contributed by atoms with Crippen molar-refractivity contribution in [3.05, 3.63) is 65.5 Å². The van der Waals surface area contributed by atoms with Crippen molar-refractivity contribution in [1.29, 1.82) is 0 Å². The first-order valence-corrected chi connectivity index (χ1v) is 8.89. The monoisotopic (exact) mass is 400 g/mol. The Balaban J connectivity index is 1.46. The Bertz CT molecular complexity index is 933. The SMILES string of the molecule is O=C(CCN1C(=O)Cc2ccccc2C1=O)NNC(=S)Nc1ccc(F)cc1. The number of rotatable bonds is 4. The van der Waals surface area contributed by atoms with Gasteiger partial charge in [0.2, 0.25) is 11.8 Å². The van der Waals surface area contributed by atoms with Crippen LogP contribution in [0, 0.1) is 5.82 Å². The third-order valence-corrected chi connectivity index (χ3v) is 4.32. The number of halogens is 1. The molecule has 144 valence electrons. The number of thiocarbonyl (C=S) groups is 1. The number of hydrazine groups is 1. The topological polar surface area (TPSA) is 90.5 Å². The molecule has 9 heteroatoms. The smallest absolute Gasteiger partial charge is 0.260 e. The Morgan fingerprint density at radius 3 is 2.54 bits per heavy atom. The number of benzene rings is 2. The van der Waals surface area contributed by atoms with Crippen molar-refractivity contribution in [1.82, 2.24) is 15.8 Å². The van der Waals surface area contributed by atoms with Gasteiger partial charge in [0, 0.05) is 24.2 Å². The van der Waals surface area contributed by atoms with Crippen LogP contribution in [0.15, 0.2) is 48.5 Å². The Labute approximate surface area is 165 Å². The summed E-state index contributed by atoms with van der Waals surface area (Å²) in [6.45, 7) is -0.0301. The average Bonchev–Trinajstić information content (AvgIpc) is 2.68. The van der Waals surface area contributed by atoms with Crippen molar-refractivity contribution in [3.8, 4) is 0 Å². The lowest BCUT2D eigenvalue weighted by atomic mass is 9.98. The van der Waals surface area contributed by atoms with E-state index in [1.165, 1.54) is 24.3 Å². The molecule has 7 nitrogen and oxygen atoms in total. The van der Waals surface area contributed by atoms with Crippen molar-refractivity contribution in [2.45, 2.75) is 12.8 Å². The molecule has 0 aliphatic carbocycles. The minimum atomic E-state index is -0.442. The van der Waals surface area contributed by atoms with Gasteiger partial charge in [0.05, 0.1) is 6.42 Å². The summed E-state index contributed by atoms with van der Waals surface area (Å²) >= 11 is 5.03. The van der Waals surface area contributed by atoms with E-state index in [9.17, 15) is 18.8 Å². The standard InChI is InChI=1S/C19H17FN4O3S/c20-13-5-7-14(8-6-13)21-19(28)23-22-16(25)9-10-24-17(26)11-12-3-1-2-4-15(12)18(24)27/h1-8H,9-11H2,(H,22,25)(H2,21,23,28). The van der Waals surface area contributed by atoms with Crippen LogP contribution in [0.1, 0.15) is 22.3 Å². The van der Waals surface area contributed by atoms with Crippen LogP contribution in [0.5, 0.6) is 0 Å². The second-order valence-electron chi connectivity index (χ2n) is 6.07. The van der Waals surface area contributed by atoms with Gasteiger partial charge in [-0.1, -0.05) is 18.2 Å². The van der Waals surface area contributed by atoms with Gasteiger partial charge in [0.15, 0.2) is 5.11 Å². The highest BCUT2D eigenvalue weighted by atomic mass is 32.1. The van der Waals surface area contributed by atoms with E-state index in [1.807, 2.05) is 0 Å². The van der Waals surface area contributed by atoms with Gasteiger partial charge in [-0.15, -0.1) is 0 Å². The lowest BCUT2D eigenvalue weighted by molar-refractivity contribution is -0.129. The number of carbonyl (C=O) groups is 3. The number of anilines is 1. The molecule has 1 heterocycles. The summed E-state index contributed by atoms with van der Waals surface area (Å²) in [5, 5.41) is 2.89. The predicted molar refractivity (Wildman–Crippen MR) is 105 cm³/mol. The van der Waals surface area contributed by atoms with E-state index in [-0.39, 0.29) is 36.2 Å². The first kappa shape index (κ1) is 19.4. The van der Waals surface area contributed by atoms with E-state index in [4.69, 9.17) is 12.2 Å². The van der Waals surface area contributed by atoms with Gasteiger partial charge >= 0.3 is 0 Å². The molecule has 3 rings (SSSR count). The maximum Gasteiger partial charge on any atom is 0.260 e. The predicted octanol–water partition coefficient (Wildman–Crippen LogP) is 1.76. The van der Waals surface area contributed by atoms with Crippen molar-refractivity contribution >= 4 is 40.7 Å². The molecule has 0 radical (unpaired) electrons. The Morgan fingerprint density at radius 1 is 1.07 bits per heavy atom. The van der Waals surface area contributed by atoms with E-state index in [2.05, 4.69) is 16.2 Å². The largest absolute Gasteiger partial charge is 0.331 e. The zero-order valence-corrected chi connectivity index (χ0v) is 15.5. The number of hydrogen-bond donors (Lipinski definition) is 3. The highest BCUT2D eigenvalue weighted by Crippen LogP contribution is 2.19. The zero-order valence-electron chi connectivity index (χ0n) is 14.7. The van der Waals surface area contributed by atoms with Crippen LogP contribution in [0.3, 0.4) is 0 Å². The summed E-state index contributed by atoms with van der Waals surface area (Å²) in [4.78, 5) is 37.7. The molecule has 1 aliphatic rings. The summed E-state index contributed by atoms with van der Waals surface area (Å²) in [5.74, 6) is -1.55. The lowest BCUT2D eigenvalue weighted by Gasteiger charge is -2.26. The molecule has 3 amide bonds. The van der Waals surface area contributed by atoms with Crippen LogP contribution in [0.25, 0.3) is 0 Å². The number of nitrogens with one attached hydrogen (secondary N) is 3. The highest BCUT2D eigenvalue weighted by Gasteiger charge is 2.30. The first-order valence-electron chi connectivity index (χ1n) is 8.48. The van der Waals surface area contributed by atoms with E-state index < -0.39 is 11.8 Å². The molecular formula is C19H17FN4O3S. The molecule has 1 aliphatic heterocycles. The van der Waals surface area contributed by atoms with Gasteiger partial charge in [0.25, 0.3) is 5.91 Å². The second-order valence-corrected chi connectivity index (χ2v) is 6.48. The molecule has 0 aromatic heterocycles. The third kappa shape index (κ3) is 4.68. The molecule has 3 N–H and O–H groups in total. The number of hydrogen-bond acceptors (Lipinski definition) is 4. The summed E-state index contributed by atoms with van der Waals surface area (Å²) in [6.07, 6.45) is 0.0548. The number of amides is 3. The third-order valence-electron chi connectivity index (χ3n) is 4.12. The summed E-state index contributed by atoms with van der Waals surface area (Å²) < 4.78 is 12.9. The molecule has 0 unspecified atom stereocenters. The molecule has 0 saturated heterocycles. The van der Waals surface area contributed by atoms with Gasteiger partial charge in [-0.05, 0) is 48.1 Å². The van der Waals surface area contributed by atoms with Crippen molar-refractivity contribution < 1.29 is 18.8 Å². The second kappa shape index (κ2) is 8.57. The summed E-state index contributed by atoms with van der Waals surface area (Å²) in [5.41, 5.74) is 6.62. The molecule has 0 saturated carbocycles. The zero-order chi connectivity index (χ0) is 20.1. The molecule has 28 heavy (non-hydrogen) atoms. The van der Waals surface area contributed by atoms with Crippen LogP contribution in [0.2, 0.25) is 0 Å². The molecule has 0 bridgehead atoms. The van der Waals surface area contributed by atoms with Crippen molar-refractivity contribution in [2.24, 2.45) is 0 Å². The van der Waals surface area contributed by atoms with Crippen molar-refractivity contribution in [2.75, 3.05) is 11.9 Å². The van der Waals surface area contributed by atoms with E-state index in [0.29, 0.717) is 16.8 Å². The molecule has 0 spiro atoms. The van der Waals surface area contributed by atoms with E-state index in [0.717, 1.165) is 4.90 Å². The fourth-order valence-electron chi connectivity index (χ4n) is 2.72. The van der Waals surface area contributed by atoms with Crippen LogP contribution in [0.4, 0.5) is 10.1 Å². The normalized spacial score (nSPS) is 13.0. The first-order chi connectivity index (χ1) is 13.4. The maximum atomic E-state index is 12.9. The molecule has 2 aromatic carbocycles. The summed E-state index contributed by atoms with van der Waals surface area (Å²) in [7, 11) is 0. The lowest BCUT2D eigenvalue weighted by Crippen LogP contribution is -2.47. The number of nitrogens with zero attached hydrogens (tertiary/aromatic N) is 1. The van der Waals surface area contributed by atoms with Gasteiger partial charge in [-0.3, -0.25) is 30.1 Å². The Hall–Kier alpha value is -3.33. The highest BCUT2D eigenvalue weighted by molar-refractivity contribution is 7.80. The Morgan fingerprint density at radius 2 is 1.79 bits per heavy atom. The Kier molecular flexibility index (Phi) is 5.95. The summed E-state index contributed by atoms with van der Waals surface area (Å²) in [6, 6.07) is 12.5. The molecule has 0 atom stereocenters. The molecule has 2 aromatic rings. The fourth-order valence-corrected chi connectivity index (χ4v) is 2.89. The van der Waals surface area contributed by atoms with Gasteiger partial charge in [-0.2, -0.15) is 0 Å². The van der Waals surface area contributed by atoms with E-state index in [1.54, 1.807) is 24.3 Å². The van der Waals surface area contributed by atoms with Gasteiger partial charge < -0.3 is 5.32 Å². The van der Waals surface area contributed by atoms with Crippen molar-refractivity contribution in [3.63, 3.8) is 0 Å². The minimum Gasteiger partial charge on any atom is -0.331 e. The quantitative estimate of drug-likeness (QED) is 0.412. The van der Waals surface area contributed by atoms with Crippen LogP contribution < -0.4 is 16.2 Å². The van der Waals surface area contributed by atoms with Crippen LogP contribution in [-0.2, 0) is 16.0 Å². The van der Waals surface area contributed by atoms with Gasteiger partial charge in [0.1, 0.15) is 5.82 Å². The average molecular weight is 400 g/mol. The molecular weight excluding hydrogens is 383 g/mol. The van der Waals surface area contributed by atoms with Gasteiger partial charge in [-0.25, -0.2) is 4.39 Å². The minimum absolute atomic E-state index is 0.0301. The van der Waals surface area contributed by atoms with E-state index >= 15 is 0 Å². The fraction of sp³-hybridized carbons (Fsp3) is 0.158.